The van der Waals surface area contributed by atoms with Gasteiger partial charge in [-0.2, -0.15) is 5.06 Å². The summed E-state index contributed by atoms with van der Waals surface area (Å²) in [6.45, 7) is 4.58. The molecule has 5 heteroatoms. The topological polar surface area (TPSA) is 62.3 Å². The molecular weight excluding hydrogens is 270 g/mol. The van der Waals surface area contributed by atoms with Gasteiger partial charge in [-0.1, -0.05) is 11.6 Å². The molecule has 21 heavy (non-hydrogen) atoms. The van der Waals surface area contributed by atoms with E-state index in [1.165, 1.54) is 5.57 Å². The first kappa shape index (κ1) is 15.0. The van der Waals surface area contributed by atoms with Crippen LogP contribution in [0.3, 0.4) is 0 Å². The highest BCUT2D eigenvalue weighted by atomic mass is 16.6. The van der Waals surface area contributed by atoms with E-state index < -0.39 is 0 Å². The van der Waals surface area contributed by atoms with E-state index in [-0.39, 0.29) is 35.6 Å². The molecule has 2 heterocycles. The van der Waals surface area contributed by atoms with Crippen molar-refractivity contribution in [2.45, 2.75) is 57.3 Å². The molecule has 0 amide bonds. The standard InChI is InChI=1S/C16H25NO4/c1-10-5-4-8-16(2)14(21-16)13-11(7-6-10)12(9-17(3)19)15(18)20-13/h5,11-14,19H,4,6-9H2,1-3H3/b10-5+/t11-,12-,13+,14-,16+/m0/s1. The summed E-state index contributed by atoms with van der Waals surface area (Å²) >= 11 is 0. The Bertz CT molecular complexity index is 461. The Labute approximate surface area is 125 Å². The number of allylic oxidation sites excluding steroid dienone is 2. The van der Waals surface area contributed by atoms with E-state index in [9.17, 15) is 10.0 Å². The Hall–Kier alpha value is -0.910. The quantitative estimate of drug-likeness (QED) is 0.366. The van der Waals surface area contributed by atoms with E-state index >= 15 is 0 Å². The van der Waals surface area contributed by atoms with Crippen LogP contribution >= 0.6 is 0 Å². The minimum absolute atomic E-state index is 0.0206. The molecule has 2 saturated heterocycles. The number of ether oxygens (including phenoxy) is 2. The molecule has 2 fully saturated rings. The number of carbonyl (C=O) groups excluding carboxylic acids is 1. The van der Waals surface area contributed by atoms with Crippen molar-refractivity contribution in [1.29, 1.82) is 0 Å². The molecule has 3 aliphatic rings. The fraction of sp³-hybridized carbons (Fsp3) is 0.812. The summed E-state index contributed by atoms with van der Waals surface area (Å²) in [7, 11) is 1.57. The van der Waals surface area contributed by atoms with Gasteiger partial charge in [0, 0.05) is 19.5 Å². The van der Waals surface area contributed by atoms with Crippen molar-refractivity contribution in [3.63, 3.8) is 0 Å². The zero-order valence-corrected chi connectivity index (χ0v) is 13.0. The van der Waals surface area contributed by atoms with Gasteiger partial charge in [0.05, 0.1) is 11.5 Å². The van der Waals surface area contributed by atoms with E-state index in [4.69, 9.17) is 9.47 Å². The van der Waals surface area contributed by atoms with Crippen LogP contribution in [0.4, 0.5) is 0 Å². The normalized spacial score (nSPS) is 45.4. The lowest BCUT2D eigenvalue weighted by atomic mass is 9.80. The Balaban J connectivity index is 1.83. The number of rotatable bonds is 2. The average molecular weight is 295 g/mol. The van der Waals surface area contributed by atoms with Crippen LogP contribution in [0.5, 0.6) is 0 Å². The highest BCUT2D eigenvalue weighted by Crippen LogP contribution is 2.50. The van der Waals surface area contributed by atoms with Crippen LogP contribution < -0.4 is 0 Å². The number of carbonyl (C=O) groups is 1. The van der Waals surface area contributed by atoms with E-state index in [0.29, 0.717) is 6.54 Å². The Kier molecular flexibility index (Phi) is 3.84. The number of hydrogen-bond donors (Lipinski definition) is 1. The Morgan fingerprint density at radius 1 is 1.52 bits per heavy atom. The lowest BCUT2D eigenvalue weighted by Crippen LogP contribution is -2.34. The van der Waals surface area contributed by atoms with Crippen molar-refractivity contribution in [3.8, 4) is 0 Å². The highest BCUT2D eigenvalue weighted by molar-refractivity contribution is 5.75. The zero-order valence-electron chi connectivity index (χ0n) is 13.0. The predicted molar refractivity (Wildman–Crippen MR) is 76.8 cm³/mol. The molecule has 0 aromatic rings. The average Bonchev–Trinajstić information content (AvgIpc) is 2.97. The number of esters is 1. The Morgan fingerprint density at radius 3 is 3.00 bits per heavy atom. The first-order valence-electron chi connectivity index (χ1n) is 7.85. The van der Waals surface area contributed by atoms with E-state index in [0.717, 1.165) is 30.7 Å². The second kappa shape index (κ2) is 5.38. The van der Waals surface area contributed by atoms with Gasteiger partial charge in [-0.3, -0.25) is 4.79 Å². The molecule has 0 radical (unpaired) electrons. The molecule has 0 saturated carbocycles. The van der Waals surface area contributed by atoms with Gasteiger partial charge >= 0.3 is 5.97 Å². The van der Waals surface area contributed by atoms with Gasteiger partial charge in [0.15, 0.2) is 0 Å². The molecule has 3 rings (SSSR count). The fourth-order valence-electron chi connectivity index (χ4n) is 3.83. The van der Waals surface area contributed by atoms with E-state index in [1.54, 1.807) is 7.05 Å². The van der Waals surface area contributed by atoms with Gasteiger partial charge < -0.3 is 14.7 Å². The summed E-state index contributed by atoms with van der Waals surface area (Å²) in [4.78, 5) is 12.2. The minimum Gasteiger partial charge on any atom is -0.459 e. The maximum Gasteiger partial charge on any atom is 0.311 e. The molecule has 0 spiro atoms. The number of hydrogen-bond acceptors (Lipinski definition) is 5. The van der Waals surface area contributed by atoms with Gasteiger partial charge in [-0.15, -0.1) is 0 Å². The number of fused-ring (bicyclic) bond motifs is 3. The van der Waals surface area contributed by atoms with Gasteiger partial charge in [0.25, 0.3) is 0 Å². The molecule has 1 N–H and O–H groups in total. The lowest BCUT2D eigenvalue weighted by molar-refractivity contribution is -0.148. The van der Waals surface area contributed by atoms with E-state index in [2.05, 4.69) is 19.9 Å². The lowest BCUT2D eigenvalue weighted by Gasteiger charge is -2.23. The highest BCUT2D eigenvalue weighted by Gasteiger charge is 2.62. The minimum atomic E-state index is -0.259. The molecule has 5 atom stereocenters. The van der Waals surface area contributed by atoms with Crippen LogP contribution in [0.25, 0.3) is 0 Å². The molecule has 5 nitrogen and oxygen atoms in total. The fourth-order valence-corrected chi connectivity index (χ4v) is 3.83. The number of hydroxylamine groups is 2. The SMILES string of the molecule is C/C1=C\CC[C@@]2(C)O[C@H]2[C@@H]2OC(=O)[C@@H](CN(C)O)[C@@H]2CC1. The monoisotopic (exact) mass is 295 g/mol. The van der Waals surface area contributed by atoms with Crippen molar-refractivity contribution in [3.05, 3.63) is 11.6 Å². The second-order valence-corrected chi connectivity index (χ2v) is 6.99. The second-order valence-electron chi connectivity index (χ2n) is 6.99. The van der Waals surface area contributed by atoms with E-state index in [1.807, 2.05) is 0 Å². The molecular formula is C16H25NO4. The Morgan fingerprint density at radius 2 is 2.29 bits per heavy atom. The van der Waals surface area contributed by atoms with Crippen LogP contribution in [0, 0.1) is 11.8 Å². The summed E-state index contributed by atoms with van der Waals surface area (Å²) in [5.41, 5.74) is 1.21. The van der Waals surface area contributed by atoms with Gasteiger partial charge in [-0.25, -0.2) is 0 Å². The molecule has 0 aromatic heterocycles. The molecule has 1 aliphatic carbocycles. The van der Waals surface area contributed by atoms with Crippen LogP contribution in [-0.2, 0) is 14.3 Å². The van der Waals surface area contributed by atoms with Crippen molar-refractivity contribution in [1.82, 2.24) is 5.06 Å². The molecule has 0 aromatic carbocycles. The molecule has 118 valence electrons. The zero-order chi connectivity index (χ0) is 15.2. The van der Waals surface area contributed by atoms with Crippen LogP contribution in [-0.4, -0.2) is 47.6 Å². The summed E-state index contributed by atoms with van der Waals surface area (Å²) in [5, 5.41) is 10.6. The van der Waals surface area contributed by atoms with Gasteiger partial charge in [0.1, 0.15) is 12.2 Å². The maximum atomic E-state index is 12.2. The molecule has 2 aliphatic heterocycles. The van der Waals surface area contributed by atoms with Crippen LogP contribution in [0.1, 0.15) is 39.5 Å². The van der Waals surface area contributed by atoms with Gasteiger partial charge in [0.2, 0.25) is 0 Å². The smallest absolute Gasteiger partial charge is 0.311 e. The van der Waals surface area contributed by atoms with Crippen molar-refractivity contribution >= 4 is 5.97 Å². The van der Waals surface area contributed by atoms with Crippen molar-refractivity contribution in [2.75, 3.05) is 13.6 Å². The molecule has 0 unspecified atom stereocenters. The maximum absolute atomic E-state index is 12.2. The van der Waals surface area contributed by atoms with Crippen molar-refractivity contribution in [2.24, 2.45) is 11.8 Å². The number of epoxide rings is 1. The predicted octanol–water partition coefficient (Wildman–Crippen LogP) is 2.14. The third kappa shape index (κ3) is 2.87. The van der Waals surface area contributed by atoms with Gasteiger partial charge in [-0.05, 0) is 39.5 Å². The summed E-state index contributed by atoms with van der Waals surface area (Å²) in [6, 6.07) is 0. The third-order valence-corrected chi connectivity index (χ3v) is 5.20. The largest absolute Gasteiger partial charge is 0.459 e. The summed E-state index contributed by atoms with van der Waals surface area (Å²) < 4.78 is 11.5. The summed E-state index contributed by atoms with van der Waals surface area (Å²) in [5.74, 6) is -0.323. The third-order valence-electron chi connectivity index (χ3n) is 5.20. The number of nitrogens with zero attached hydrogens (tertiary/aromatic N) is 1. The first-order chi connectivity index (χ1) is 9.90. The van der Waals surface area contributed by atoms with Crippen LogP contribution in [0.15, 0.2) is 11.6 Å². The summed E-state index contributed by atoms with van der Waals surface area (Å²) in [6.07, 6.45) is 6.04. The molecule has 0 bridgehead atoms. The van der Waals surface area contributed by atoms with Crippen molar-refractivity contribution < 1.29 is 19.5 Å². The van der Waals surface area contributed by atoms with Crippen LogP contribution in [0.2, 0.25) is 0 Å². The first-order valence-corrected chi connectivity index (χ1v) is 7.85.